The molecule has 1 aromatic heterocycles. The van der Waals surface area contributed by atoms with Crippen molar-refractivity contribution in [2.45, 2.75) is 38.2 Å². The number of furan rings is 1. The summed E-state index contributed by atoms with van der Waals surface area (Å²) in [6.07, 6.45) is 5.32. The zero-order valence-corrected chi connectivity index (χ0v) is 10.0. The molecule has 1 N–H and O–H groups in total. The zero-order valence-electron chi connectivity index (χ0n) is 10.0. The van der Waals surface area contributed by atoms with E-state index in [1.165, 1.54) is 0 Å². The van der Waals surface area contributed by atoms with Gasteiger partial charge < -0.3 is 14.3 Å². The van der Waals surface area contributed by atoms with E-state index in [1.807, 2.05) is 6.07 Å². The lowest BCUT2D eigenvalue weighted by atomic mass is 9.74. The Morgan fingerprint density at radius 1 is 1.62 bits per heavy atom. The van der Waals surface area contributed by atoms with Gasteiger partial charge in [0.1, 0.15) is 5.76 Å². The van der Waals surface area contributed by atoms with Gasteiger partial charge >= 0.3 is 0 Å². The molecule has 1 aliphatic rings. The van der Waals surface area contributed by atoms with Crippen molar-refractivity contribution >= 4 is 0 Å². The molecule has 1 aliphatic carbocycles. The standard InChI is InChI=1S/C13H20O3/c1-10(5-8-15-2)13(14)7-3-4-12-11(13)6-9-16-12/h6,9-10,14H,3-5,7-8H2,1-2H3. The third-order valence-corrected chi connectivity index (χ3v) is 3.74. The van der Waals surface area contributed by atoms with Crippen LogP contribution in [0.2, 0.25) is 0 Å². The fourth-order valence-electron chi connectivity index (χ4n) is 2.62. The van der Waals surface area contributed by atoms with Crippen LogP contribution >= 0.6 is 0 Å². The average Bonchev–Trinajstić information content (AvgIpc) is 2.75. The first-order valence-corrected chi connectivity index (χ1v) is 5.96. The Bertz CT molecular complexity index is 345. The Labute approximate surface area is 96.4 Å². The van der Waals surface area contributed by atoms with Crippen molar-refractivity contribution in [2.75, 3.05) is 13.7 Å². The number of rotatable bonds is 4. The summed E-state index contributed by atoms with van der Waals surface area (Å²) in [5, 5.41) is 10.8. The molecule has 0 spiro atoms. The van der Waals surface area contributed by atoms with E-state index >= 15 is 0 Å². The Balaban J connectivity index is 2.19. The van der Waals surface area contributed by atoms with Gasteiger partial charge in [-0.25, -0.2) is 0 Å². The predicted octanol–water partition coefficient (Wildman–Crippen LogP) is 2.48. The minimum Gasteiger partial charge on any atom is -0.469 e. The first-order valence-electron chi connectivity index (χ1n) is 5.96. The van der Waals surface area contributed by atoms with Crippen LogP contribution in [0.15, 0.2) is 16.7 Å². The molecule has 0 radical (unpaired) electrons. The fraction of sp³-hybridized carbons (Fsp3) is 0.692. The molecule has 0 aliphatic heterocycles. The van der Waals surface area contributed by atoms with E-state index in [-0.39, 0.29) is 5.92 Å². The van der Waals surface area contributed by atoms with Gasteiger partial charge in [-0.15, -0.1) is 0 Å². The molecular weight excluding hydrogens is 204 g/mol. The van der Waals surface area contributed by atoms with Gasteiger partial charge in [-0.2, -0.15) is 0 Å². The van der Waals surface area contributed by atoms with Crippen molar-refractivity contribution in [2.24, 2.45) is 5.92 Å². The first kappa shape index (κ1) is 11.7. The Hall–Kier alpha value is -0.800. The Morgan fingerprint density at radius 3 is 3.19 bits per heavy atom. The van der Waals surface area contributed by atoms with Gasteiger partial charge in [0, 0.05) is 25.7 Å². The SMILES string of the molecule is COCCC(C)C1(O)CCCc2occc21. The van der Waals surface area contributed by atoms with Gasteiger partial charge in [-0.05, 0) is 31.2 Å². The maximum atomic E-state index is 10.8. The largest absolute Gasteiger partial charge is 0.469 e. The number of ether oxygens (including phenoxy) is 1. The van der Waals surface area contributed by atoms with Crippen molar-refractivity contribution in [1.29, 1.82) is 0 Å². The summed E-state index contributed by atoms with van der Waals surface area (Å²) >= 11 is 0. The molecule has 2 rings (SSSR count). The minimum absolute atomic E-state index is 0.198. The summed E-state index contributed by atoms with van der Waals surface area (Å²) in [5.41, 5.74) is 0.265. The molecular formula is C13H20O3. The topological polar surface area (TPSA) is 42.6 Å². The molecule has 0 saturated heterocycles. The molecule has 0 aromatic carbocycles. The Kier molecular flexibility index (Phi) is 3.36. The highest BCUT2D eigenvalue weighted by Gasteiger charge is 2.40. The van der Waals surface area contributed by atoms with Crippen molar-refractivity contribution in [3.63, 3.8) is 0 Å². The number of hydrogen-bond donors (Lipinski definition) is 1. The van der Waals surface area contributed by atoms with Crippen molar-refractivity contribution in [1.82, 2.24) is 0 Å². The third-order valence-electron chi connectivity index (χ3n) is 3.74. The molecule has 2 unspecified atom stereocenters. The van der Waals surface area contributed by atoms with Crippen LogP contribution in [0, 0.1) is 5.92 Å². The van der Waals surface area contributed by atoms with Crippen molar-refractivity contribution < 1.29 is 14.3 Å². The second-order valence-corrected chi connectivity index (χ2v) is 4.72. The minimum atomic E-state index is -0.723. The van der Waals surface area contributed by atoms with Gasteiger partial charge in [-0.3, -0.25) is 0 Å². The van der Waals surface area contributed by atoms with Gasteiger partial charge in [0.25, 0.3) is 0 Å². The summed E-state index contributed by atoms with van der Waals surface area (Å²) < 4.78 is 10.5. The second-order valence-electron chi connectivity index (χ2n) is 4.72. The van der Waals surface area contributed by atoms with Crippen LogP contribution in [0.5, 0.6) is 0 Å². The van der Waals surface area contributed by atoms with E-state index in [0.717, 1.165) is 37.0 Å². The molecule has 3 heteroatoms. The summed E-state index contributed by atoms with van der Waals surface area (Å²) in [5.74, 6) is 1.15. The van der Waals surface area contributed by atoms with Crippen LogP contribution in [0.3, 0.4) is 0 Å². The number of aryl methyl sites for hydroxylation is 1. The lowest BCUT2D eigenvalue weighted by Gasteiger charge is -2.37. The maximum Gasteiger partial charge on any atom is 0.109 e. The fourth-order valence-corrected chi connectivity index (χ4v) is 2.62. The number of hydrogen-bond acceptors (Lipinski definition) is 3. The van der Waals surface area contributed by atoms with Crippen LogP contribution in [-0.4, -0.2) is 18.8 Å². The summed E-state index contributed by atoms with van der Waals surface area (Å²) in [6.45, 7) is 2.78. The smallest absolute Gasteiger partial charge is 0.109 e. The Morgan fingerprint density at radius 2 is 2.44 bits per heavy atom. The van der Waals surface area contributed by atoms with Crippen LogP contribution in [0.4, 0.5) is 0 Å². The summed E-state index contributed by atoms with van der Waals surface area (Å²) in [4.78, 5) is 0. The third kappa shape index (κ3) is 1.89. The first-order chi connectivity index (χ1) is 7.68. The summed E-state index contributed by atoms with van der Waals surface area (Å²) in [6, 6.07) is 1.91. The van der Waals surface area contributed by atoms with Crippen LogP contribution in [0.1, 0.15) is 37.5 Å². The average molecular weight is 224 g/mol. The monoisotopic (exact) mass is 224 g/mol. The van der Waals surface area contributed by atoms with E-state index in [1.54, 1.807) is 13.4 Å². The van der Waals surface area contributed by atoms with Gasteiger partial charge in [0.05, 0.1) is 11.9 Å². The molecule has 90 valence electrons. The maximum absolute atomic E-state index is 10.8. The molecule has 2 atom stereocenters. The molecule has 0 fully saturated rings. The highest BCUT2D eigenvalue weighted by Crippen LogP contribution is 2.42. The van der Waals surface area contributed by atoms with Crippen LogP contribution in [0.25, 0.3) is 0 Å². The molecule has 1 aromatic rings. The normalized spacial score (nSPS) is 26.4. The second kappa shape index (κ2) is 4.60. The van der Waals surface area contributed by atoms with Crippen LogP contribution < -0.4 is 0 Å². The van der Waals surface area contributed by atoms with Crippen LogP contribution in [-0.2, 0) is 16.8 Å². The molecule has 0 amide bonds. The quantitative estimate of drug-likeness (QED) is 0.854. The number of methoxy groups -OCH3 is 1. The summed E-state index contributed by atoms with van der Waals surface area (Å²) in [7, 11) is 1.70. The van der Waals surface area contributed by atoms with E-state index in [4.69, 9.17) is 9.15 Å². The molecule has 1 heterocycles. The van der Waals surface area contributed by atoms with Crippen molar-refractivity contribution in [3.8, 4) is 0 Å². The van der Waals surface area contributed by atoms with Gasteiger partial charge in [-0.1, -0.05) is 6.92 Å². The van der Waals surface area contributed by atoms with E-state index in [2.05, 4.69) is 6.92 Å². The lowest BCUT2D eigenvalue weighted by Crippen LogP contribution is -2.37. The van der Waals surface area contributed by atoms with Crippen molar-refractivity contribution in [3.05, 3.63) is 23.7 Å². The van der Waals surface area contributed by atoms with E-state index in [0.29, 0.717) is 6.61 Å². The number of fused-ring (bicyclic) bond motifs is 1. The van der Waals surface area contributed by atoms with E-state index in [9.17, 15) is 5.11 Å². The molecule has 16 heavy (non-hydrogen) atoms. The highest BCUT2D eigenvalue weighted by molar-refractivity contribution is 5.28. The highest BCUT2D eigenvalue weighted by atomic mass is 16.5. The molecule has 3 nitrogen and oxygen atoms in total. The van der Waals surface area contributed by atoms with Gasteiger partial charge in [0.15, 0.2) is 0 Å². The number of aliphatic hydroxyl groups is 1. The molecule has 0 bridgehead atoms. The van der Waals surface area contributed by atoms with E-state index < -0.39 is 5.60 Å². The lowest BCUT2D eigenvalue weighted by molar-refractivity contribution is -0.0437. The zero-order chi connectivity index (χ0) is 11.6. The predicted molar refractivity (Wildman–Crippen MR) is 61.2 cm³/mol. The molecule has 0 saturated carbocycles. The van der Waals surface area contributed by atoms with Gasteiger partial charge in [0.2, 0.25) is 0 Å².